The van der Waals surface area contributed by atoms with Crippen molar-refractivity contribution in [1.82, 2.24) is 19.9 Å². The lowest BCUT2D eigenvalue weighted by atomic mass is 10.0. The van der Waals surface area contributed by atoms with Crippen molar-refractivity contribution < 1.29 is 19.1 Å². The molecule has 0 radical (unpaired) electrons. The van der Waals surface area contributed by atoms with Crippen LogP contribution in [-0.2, 0) is 16.2 Å². The predicted octanol–water partition coefficient (Wildman–Crippen LogP) is 4.96. The lowest BCUT2D eigenvalue weighted by Gasteiger charge is -2.35. The lowest BCUT2D eigenvalue weighted by Crippen LogP contribution is -2.44. The number of methoxy groups -OCH3 is 1. The van der Waals surface area contributed by atoms with Gasteiger partial charge in [0.05, 0.1) is 42.5 Å². The maximum Gasteiger partial charge on any atom is 0.247 e. The van der Waals surface area contributed by atoms with Gasteiger partial charge in [-0.05, 0) is 49.0 Å². The third-order valence-electron chi connectivity index (χ3n) is 8.01. The van der Waals surface area contributed by atoms with Crippen LogP contribution in [0, 0.1) is 0 Å². The Morgan fingerprint density at radius 1 is 1.04 bits per heavy atom. The largest absolute Gasteiger partial charge is 0.494 e. The molecule has 2 saturated heterocycles. The van der Waals surface area contributed by atoms with E-state index in [-0.39, 0.29) is 11.9 Å². The molecule has 0 bridgehead atoms. The summed E-state index contributed by atoms with van der Waals surface area (Å²) in [6.45, 7) is 8.04. The number of amides is 1. The van der Waals surface area contributed by atoms with Crippen molar-refractivity contribution in [3.63, 3.8) is 0 Å². The number of pyridine rings is 1. The number of carbonyl (C=O) groups is 1. The van der Waals surface area contributed by atoms with Crippen LogP contribution in [0.25, 0.3) is 0 Å². The summed E-state index contributed by atoms with van der Waals surface area (Å²) >= 11 is 0. The monoisotopic (exact) mass is 622 g/mol. The molecule has 4 aromatic rings. The van der Waals surface area contributed by atoms with E-state index in [0.717, 1.165) is 55.3 Å². The molecule has 6 rings (SSSR count). The molecular weight excluding hydrogens is 584 g/mol. The van der Waals surface area contributed by atoms with Gasteiger partial charge in [0.1, 0.15) is 30.3 Å². The quantitative estimate of drug-likeness (QED) is 0.221. The number of likely N-dealkylation sites (N-methyl/N-ethyl adjacent to an activating group) is 1. The Bertz CT molecular complexity index is 1660. The molecular formula is C34H38N8O4. The fourth-order valence-corrected chi connectivity index (χ4v) is 5.55. The number of nitrogens with one attached hydrogen (secondary N) is 2. The zero-order chi connectivity index (χ0) is 31.9. The first-order valence-corrected chi connectivity index (χ1v) is 15.2. The van der Waals surface area contributed by atoms with Crippen LogP contribution in [0.1, 0.15) is 23.7 Å². The van der Waals surface area contributed by atoms with Gasteiger partial charge in [0, 0.05) is 50.9 Å². The van der Waals surface area contributed by atoms with E-state index in [9.17, 15) is 4.79 Å². The first kappa shape index (κ1) is 30.8. The van der Waals surface area contributed by atoms with Crippen molar-refractivity contribution >= 4 is 34.6 Å². The molecule has 2 aromatic heterocycles. The molecule has 0 aliphatic carbocycles. The average molecular weight is 623 g/mol. The SMILES string of the molecule is C=CC(=O)Nc1cc(Nc2cc(N3OCCC3c3cccc(OCc4ccccn4)c3)ncn2)c(OC)cc1N1CCN(C)CC1. The van der Waals surface area contributed by atoms with Gasteiger partial charge in [0.15, 0.2) is 5.82 Å². The Morgan fingerprint density at radius 2 is 1.91 bits per heavy atom. The number of hydrogen-bond donors (Lipinski definition) is 2. The molecule has 2 aliphatic heterocycles. The van der Waals surface area contributed by atoms with Crippen molar-refractivity contribution in [2.75, 3.05) is 67.5 Å². The Balaban J connectivity index is 1.22. The van der Waals surface area contributed by atoms with Crippen LogP contribution >= 0.6 is 0 Å². The first-order chi connectivity index (χ1) is 22.5. The van der Waals surface area contributed by atoms with Crippen LogP contribution in [0.15, 0.2) is 85.8 Å². The van der Waals surface area contributed by atoms with E-state index in [0.29, 0.717) is 42.0 Å². The molecule has 12 heteroatoms. The third-order valence-corrected chi connectivity index (χ3v) is 8.01. The third kappa shape index (κ3) is 7.19. The normalized spacial score (nSPS) is 16.6. The molecule has 46 heavy (non-hydrogen) atoms. The maximum absolute atomic E-state index is 12.4. The zero-order valence-electron chi connectivity index (χ0n) is 26.1. The number of ether oxygens (including phenoxy) is 2. The number of nitrogens with zero attached hydrogens (tertiary/aromatic N) is 6. The van der Waals surface area contributed by atoms with Gasteiger partial charge >= 0.3 is 0 Å². The summed E-state index contributed by atoms with van der Waals surface area (Å²) < 4.78 is 11.8. The fourth-order valence-electron chi connectivity index (χ4n) is 5.55. The van der Waals surface area contributed by atoms with E-state index >= 15 is 0 Å². The van der Waals surface area contributed by atoms with Crippen LogP contribution in [-0.4, -0.2) is 72.7 Å². The van der Waals surface area contributed by atoms with Gasteiger partial charge in [-0.1, -0.05) is 24.8 Å². The van der Waals surface area contributed by atoms with Crippen molar-refractivity contribution in [2.45, 2.75) is 19.1 Å². The van der Waals surface area contributed by atoms with Gasteiger partial charge in [-0.25, -0.2) is 15.0 Å². The second kappa shape index (κ2) is 14.3. The standard InChI is InChI=1S/C34H38N8O4/c1-4-34(43)39-27-19-28(31(44-3)20-30(27)41-15-13-40(2)14-16-41)38-32-21-33(37-23-36-32)42-29(11-17-46-42)24-8-7-10-26(18-24)45-22-25-9-5-6-12-35-25/h4-10,12,18-21,23,29H,1,11,13-17,22H2,2-3H3,(H,39,43)(H,36,37,38). The second-order valence-corrected chi connectivity index (χ2v) is 11.1. The molecule has 12 nitrogen and oxygen atoms in total. The Morgan fingerprint density at radius 3 is 2.70 bits per heavy atom. The molecule has 2 N–H and O–H groups in total. The summed E-state index contributed by atoms with van der Waals surface area (Å²) in [5, 5.41) is 8.14. The van der Waals surface area contributed by atoms with Crippen LogP contribution in [0.4, 0.5) is 28.7 Å². The van der Waals surface area contributed by atoms with E-state index in [1.54, 1.807) is 13.3 Å². The van der Waals surface area contributed by atoms with Crippen LogP contribution < -0.4 is 30.1 Å². The fraction of sp³-hybridized carbons (Fsp3) is 0.294. The molecule has 2 aromatic carbocycles. The number of aromatic nitrogens is 3. The first-order valence-electron chi connectivity index (χ1n) is 15.2. The summed E-state index contributed by atoms with van der Waals surface area (Å²) in [6.07, 6.45) is 5.29. The molecule has 238 valence electrons. The van der Waals surface area contributed by atoms with E-state index in [2.05, 4.69) is 55.1 Å². The van der Waals surface area contributed by atoms with Crippen molar-refractivity contribution in [1.29, 1.82) is 0 Å². The minimum Gasteiger partial charge on any atom is -0.494 e. The van der Waals surface area contributed by atoms with Crippen LogP contribution in [0.3, 0.4) is 0 Å². The second-order valence-electron chi connectivity index (χ2n) is 11.1. The average Bonchev–Trinajstić information content (AvgIpc) is 3.59. The highest BCUT2D eigenvalue weighted by molar-refractivity contribution is 6.02. The summed E-state index contributed by atoms with van der Waals surface area (Å²) in [7, 11) is 3.73. The molecule has 1 unspecified atom stereocenters. The van der Waals surface area contributed by atoms with Crippen LogP contribution in [0.2, 0.25) is 0 Å². The molecule has 4 heterocycles. The van der Waals surface area contributed by atoms with Gasteiger partial charge in [-0.3, -0.25) is 14.6 Å². The number of rotatable bonds is 11. The number of benzene rings is 2. The van der Waals surface area contributed by atoms with Gasteiger partial charge in [0.25, 0.3) is 0 Å². The smallest absolute Gasteiger partial charge is 0.247 e. The number of hydrogen-bond acceptors (Lipinski definition) is 11. The van der Waals surface area contributed by atoms with E-state index in [1.165, 1.54) is 12.4 Å². The highest BCUT2D eigenvalue weighted by Gasteiger charge is 2.30. The van der Waals surface area contributed by atoms with Crippen molar-refractivity contribution in [3.8, 4) is 11.5 Å². The summed E-state index contributed by atoms with van der Waals surface area (Å²) in [6, 6.07) is 19.3. The molecule has 0 spiro atoms. The summed E-state index contributed by atoms with van der Waals surface area (Å²) in [5.41, 5.74) is 4.09. The number of anilines is 5. The van der Waals surface area contributed by atoms with Crippen molar-refractivity contribution in [3.05, 3.63) is 97.1 Å². The number of piperazine rings is 1. The van der Waals surface area contributed by atoms with Gasteiger partial charge in [-0.2, -0.15) is 0 Å². The Hall–Kier alpha value is -5.20. The molecule has 1 amide bonds. The molecule has 1 atom stereocenters. The zero-order valence-corrected chi connectivity index (χ0v) is 26.1. The van der Waals surface area contributed by atoms with E-state index in [4.69, 9.17) is 14.3 Å². The maximum atomic E-state index is 12.4. The minimum absolute atomic E-state index is 0.0701. The number of carbonyl (C=O) groups excluding carboxylic acids is 1. The van der Waals surface area contributed by atoms with Crippen LogP contribution in [0.5, 0.6) is 11.5 Å². The number of hydroxylamine groups is 1. The minimum atomic E-state index is -0.292. The highest BCUT2D eigenvalue weighted by Crippen LogP contribution is 2.40. The van der Waals surface area contributed by atoms with Gasteiger partial charge in [0.2, 0.25) is 5.91 Å². The molecule has 0 saturated carbocycles. The molecule has 2 fully saturated rings. The summed E-state index contributed by atoms with van der Waals surface area (Å²) in [4.78, 5) is 36.3. The Kier molecular flexibility index (Phi) is 9.56. The van der Waals surface area contributed by atoms with Crippen molar-refractivity contribution in [2.24, 2.45) is 0 Å². The Labute approximate surface area is 268 Å². The highest BCUT2D eigenvalue weighted by atomic mass is 16.7. The topological polar surface area (TPSA) is 117 Å². The van der Waals surface area contributed by atoms with Gasteiger partial charge < -0.3 is 29.9 Å². The molecule has 2 aliphatic rings. The van der Waals surface area contributed by atoms with Gasteiger partial charge in [-0.15, -0.1) is 0 Å². The van der Waals surface area contributed by atoms with E-state index < -0.39 is 0 Å². The summed E-state index contributed by atoms with van der Waals surface area (Å²) in [5.74, 6) is 2.22. The lowest BCUT2D eigenvalue weighted by molar-refractivity contribution is -0.111. The van der Waals surface area contributed by atoms with E-state index in [1.807, 2.05) is 59.7 Å². The predicted molar refractivity (Wildman–Crippen MR) is 178 cm³/mol.